The molecule has 1 aromatic carbocycles. The first-order valence-electron chi connectivity index (χ1n) is 8.18. The molecule has 0 bridgehead atoms. The molecule has 0 unspecified atom stereocenters. The molecule has 0 saturated heterocycles. The lowest BCUT2D eigenvalue weighted by molar-refractivity contribution is 0.109. The largest absolute Gasteiger partial charge is 0.376 e. The van der Waals surface area contributed by atoms with Gasteiger partial charge in [-0.1, -0.05) is 68.7 Å². The molecule has 2 atom stereocenters. The van der Waals surface area contributed by atoms with Crippen LogP contribution < -0.4 is 0 Å². The molecule has 2 rings (SSSR count). The first kappa shape index (κ1) is 15.3. The number of hydrogen-bond acceptors (Lipinski definition) is 1. The summed E-state index contributed by atoms with van der Waals surface area (Å²) >= 11 is 0. The van der Waals surface area contributed by atoms with E-state index in [-0.39, 0.29) is 0 Å². The van der Waals surface area contributed by atoms with E-state index in [1.165, 1.54) is 44.1 Å². The summed E-state index contributed by atoms with van der Waals surface area (Å²) in [5, 5.41) is 0. The summed E-state index contributed by atoms with van der Waals surface area (Å²) in [4.78, 5) is 0. The van der Waals surface area contributed by atoms with Crippen molar-refractivity contribution in [2.75, 3.05) is 6.61 Å². The third-order valence-corrected chi connectivity index (χ3v) is 4.03. The SMILES string of the molecule is CCCCCC/C=C/[C@@H]1C[C@H]1COCc1ccccc1. The van der Waals surface area contributed by atoms with Crippen molar-refractivity contribution < 1.29 is 4.74 Å². The van der Waals surface area contributed by atoms with Crippen LogP contribution in [0.15, 0.2) is 42.5 Å². The topological polar surface area (TPSA) is 9.23 Å². The van der Waals surface area contributed by atoms with Crippen molar-refractivity contribution in [2.45, 2.75) is 52.1 Å². The van der Waals surface area contributed by atoms with Crippen LogP contribution in [-0.2, 0) is 11.3 Å². The summed E-state index contributed by atoms with van der Waals surface area (Å²) in [5.41, 5.74) is 1.27. The number of hydrogen-bond donors (Lipinski definition) is 0. The molecule has 1 aliphatic carbocycles. The van der Waals surface area contributed by atoms with Gasteiger partial charge in [0.25, 0.3) is 0 Å². The third kappa shape index (κ3) is 5.92. The Morgan fingerprint density at radius 2 is 2.00 bits per heavy atom. The van der Waals surface area contributed by atoms with Crippen molar-refractivity contribution in [1.82, 2.24) is 0 Å². The highest BCUT2D eigenvalue weighted by Crippen LogP contribution is 2.40. The molecule has 1 aliphatic rings. The predicted octanol–water partition coefficient (Wildman–Crippen LogP) is 5.37. The van der Waals surface area contributed by atoms with E-state index in [2.05, 4.69) is 43.3 Å². The van der Waals surface area contributed by atoms with Crippen LogP contribution in [0.5, 0.6) is 0 Å². The van der Waals surface area contributed by atoms with E-state index < -0.39 is 0 Å². The third-order valence-electron chi connectivity index (χ3n) is 4.03. The maximum atomic E-state index is 5.80. The summed E-state index contributed by atoms with van der Waals surface area (Å²) in [6.07, 6.45) is 12.8. The maximum absolute atomic E-state index is 5.80. The molecule has 1 heteroatoms. The second-order valence-electron chi connectivity index (χ2n) is 5.94. The standard InChI is InChI=1S/C19H28O/c1-2-3-4-5-6-10-13-18-14-19(18)16-20-15-17-11-8-7-9-12-17/h7-13,18-19H,2-6,14-16H2,1H3/b13-10+/t18-,19+/m1/s1. The average molecular weight is 272 g/mol. The van der Waals surface area contributed by atoms with Gasteiger partial charge in [0, 0.05) is 0 Å². The van der Waals surface area contributed by atoms with Gasteiger partial charge < -0.3 is 4.74 Å². The van der Waals surface area contributed by atoms with E-state index in [4.69, 9.17) is 4.74 Å². The fourth-order valence-electron chi connectivity index (χ4n) is 2.56. The number of rotatable bonds is 10. The Balaban J connectivity index is 1.49. The molecule has 1 aromatic rings. The molecular weight excluding hydrogens is 244 g/mol. The van der Waals surface area contributed by atoms with Gasteiger partial charge in [-0.2, -0.15) is 0 Å². The minimum absolute atomic E-state index is 0.755. The molecule has 1 saturated carbocycles. The van der Waals surface area contributed by atoms with E-state index in [9.17, 15) is 0 Å². The Morgan fingerprint density at radius 3 is 2.80 bits per heavy atom. The zero-order chi connectivity index (χ0) is 14.0. The van der Waals surface area contributed by atoms with Crippen LogP contribution in [0.3, 0.4) is 0 Å². The number of unbranched alkanes of at least 4 members (excludes halogenated alkanes) is 4. The highest BCUT2D eigenvalue weighted by Gasteiger charge is 2.34. The van der Waals surface area contributed by atoms with Crippen molar-refractivity contribution in [2.24, 2.45) is 11.8 Å². The molecule has 0 amide bonds. The van der Waals surface area contributed by atoms with Gasteiger partial charge in [0.1, 0.15) is 0 Å². The van der Waals surface area contributed by atoms with Crippen LogP contribution >= 0.6 is 0 Å². The van der Waals surface area contributed by atoms with Crippen molar-refractivity contribution in [3.05, 3.63) is 48.0 Å². The molecule has 0 spiro atoms. The van der Waals surface area contributed by atoms with Gasteiger partial charge in [-0.3, -0.25) is 0 Å². The Hall–Kier alpha value is -1.08. The minimum Gasteiger partial charge on any atom is -0.376 e. The second kappa shape index (κ2) is 8.97. The molecule has 20 heavy (non-hydrogen) atoms. The molecule has 0 N–H and O–H groups in total. The summed E-state index contributed by atoms with van der Waals surface area (Å²) in [7, 11) is 0. The van der Waals surface area contributed by atoms with Crippen LogP contribution in [-0.4, -0.2) is 6.61 Å². The van der Waals surface area contributed by atoms with Crippen LogP contribution in [0.4, 0.5) is 0 Å². The Bertz CT molecular complexity index is 382. The van der Waals surface area contributed by atoms with Crippen LogP contribution in [0, 0.1) is 11.8 Å². The summed E-state index contributed by atoms with van der Waals surface area (Å²) in [5.74, 6) is 1.56. The van der Waals surface area contributed by atoms with Crippen molar-refractivity contribution in [3.63, 3.8) is 0 Å². The summed E-state index contributed by atoms with van der Waals surface area (Å²) in [6, 6.07) is 10.4. The van der Waals surface area contributed by atoms with E-state index in [0.29, 0.717) is 0 Å². The van der Waals surface area contributed by atoms with Crippen LogP contribution in [0.25, 0.3) is 0 Å². The quantitative estimate of drug-likeness (QED) is 0.411. The van der Waals surface area contributed by atoms with Crippen molar-refractivity contribution in [1.29, 1.82) is 0 Å². The molecule has 0 heterocycles. The van der Waals surface area contributed by atoms with Gasteiger partial charge in [-0.15, -0.1) is 0 Å². The molecule has 0 radical (unpaired) electrons. The smallest absolute Gasteiger partial charge is 0.0717 e. The number of ether oxygens (including phenoxy) is 1. The lowest BCUT2D eigenvalue weighted by atomic mass is 10.1. The average Bonchev–Trinajstić information content (AvgIpc) is 3.22. The van der Waals surface area contributed by atoms with E-state index >= 15 is 0 Å². The van der Waals surface area contributed by atoms with Gasteiger partial charge in [0.2, 0.25) is 0 Å². The predicted molar refractivity (Wildman–Crippen MR) is 85.6 cm³/mol. The van der Waals surface area contributed by atoms with Gasteiger partial charge in [-0.05, 0) is 36.7 Å². The minimum atomic E-state index is 0.755. The molecule has 0 aliphatic heterocycles. The number of benzene rings is 1. The molecule has 0 aromatic heterocycles. The van der Waals surface area contributed by atoms with E-state index in [1.807, 2.05) is 6.07 Å². The van der Waals surface area contributed by atoms with Crippen LogP contribution in [0.1, 0.15) is 51.0 Å². The lowest BCUT2D eigenvalue weighted by Gasteiger charge is -2.03. The van der Waals surface area contributed by atoms with Gasteiger partial charge in [0.05, 0.1) is 13.2 Å². The maximum Gasteiger partial charge on any atom is 0.0717 e. The summed E-state index contributed by atoms with van der Waals surface area (Å²) < 4.78 is 5.80. The first-order chi connectivity index (χ1) is 9.90. The second-order valence-corrected chi connectivity index (χ2v) is 5.94. The zero-order valence-electron chi connectivity index (χ0n) is 12.8. The Morgan fingerprint density at radius 1 is 1.15 bits per heavy atom. The first-order valence-corrected chi connectivity index (χ1v) is 8.18. The van der Waals surface area contributed by atoms with Crippen molar-refractivity contribution >= 4 is 0 Å². The van der Waals surface area contributed by atoms with E-state index in [1.54, 1.807) is 0 Å². The summed E-state index contributed by atoms with van der Waals surface area (Å²) in [6.45, 7) is 3.94. The highest BCUT2D eigenvalue weighted by atomic mass is 16.5. The number of allylic oxidation sites excluding steroid dienone is 2. The van der Waals surface area contributed by atoms with Gasteiger partial charge >= 0.3 is 0 Å². The lowest BCUT2D eigenvalue weighted by Crippen LogP contribution is -1.98. The fourth-order valence-corrected chi connectivity index (χ4v) is 2.56. The van der Waals surface area contributed by atoms with Crippen LogP contribution in [0.2, 0.25) is 0 Å². The Kier molecular flexibility index (Phi) is 6.86. The molecule has 110 valence electrons. The van der Waals surface area contributed by atoms with E-state index in [0.717, 1.165) is 25.0 Å². The van der Waals surface area contributed by atoms with Crippen molar-refractivity contribution in [3.8, 4) is 0 Å². The van der Waals surface area contributed by atoms with Gasteiger partial charge in [0.15, 0.2) is 0 Å². The fraction of sp³-hybridized carbons (Fsp3) is 0.579. The normalized spacial score (nSPS) is 21.4. The highest BCUT2D eigenvalue weighted by molar-refractivity contribution is 5.13. The zero-order valence-corrected chi connectivity index (χ0v) is 12.8. The monoisotopic (exact) mass is 272 g/mol. The molecular formula is C19H28O. The molecule has 1 nitrogen and oxygen atoms in total. The molecule has 1 fully saturated rings. The Labute approximate surface area is 124 Å². The van der Waals surface area contributed by atoms with Gasteiger partial charge in [-0.25, -0.2) is 0 Å².